The van der Waals surface area contributed by atoms with Crippen molar-refractivity contribution < 1.29 is 9.84 Å². The van der Waals surface area contributed by atoms with Gasteiger partial charge in [-0.25, -0.2) is 0 Å². The Labute approximate surface area is 93.4 Å². The van der Waals surface area contributed by atoms with Crippen molar-refractivity contribution in [3.63, 3.8) is 0 Å². The normalized spacial score (nSPS) is 26.8. The van der Waals surface area contributed by atoms with Crippen molar-refractivity contribution in [1.29, 1.82) is 0 Å². The molecule has 3 heteroatoms. The molecule has 1 unspecified atom stereocenters. The van der Waals surface area contributed by atoms with E-state index in [4.69, 9.17) is 4.74 Å². The molecule has 1 saturated heterocycles. The van der Waals surface area contributed by atoms with Crippen LogP contribution in [0, 0.1) is 5.41 Å². The minimum atomic E-state index is -0.00264. The molecular weight excluding hydrogens is 190 g/mol. The van der Waals surface area contributed by atoms with Crippen LogP contribution in [0.4, 0.5) is 0 Å². The molecule has 90 valence electrons. The molecule has 0 saturated carbocycles. The highest BCUT2D eigenvalue weighted by Gasteiger charge is 2.36. The molecule has 0 aliphatic carbocycles. The monoisotopic (exact) mass is 215 g/mol. The van der Waals surface area contributed by atoms with E-state index in [2.05, 4.69) is 25.8 Å². The van der Waals surface area contributed by atoms with Gasteiger partial charge in [0.05, 0.1) is 13.2 Å². The predicted octanol–water partition coefficient (Wildman–Crippen LogP) is 1.51. The number of hydrogen-bond donors (Lipinski definition) is 1. The lowest BCUT2D eigenvalue weighted by Gasteiger charge is -2.34. The van der Waals surface area contributed by atoms with Crippen LogP contribution in [0.25, 0.3) is 0 Å². The molecule has 1 aliphatic rings. The molecule has 1 aliphatic heterocycles. The van der Waals surface area contributed by atoms with Gasteiger partial charge in [-0.15, -0.1) is 0 Å². The maximum Gasteiger partial charge on any atom is 0.0557 e. The number of nitrogens with zero attached hydrogens (tertiary/aromatic N) is 1. The second kappa shape index (κ2) is 5.83. The molecule has 0 aromatic carbocycles. The van der Waals surface area contributed by atoms with Gasteiger partial charge in [0.15, 0.2) is 0 Å². The van der Waals surface area contributed by atoms with Gasteiger partial charge < -0.3 is 14.7 Å². The molecule has 0 amide bonds. The van der Waals surface area contributed by atoms with Gasteiger partial charge in [0.25, 0.3) is 0 Å². The van der Waals surface area contributed by atoms with Crippen LogP contribution in [-0.2, 0) is 4.74 Å². The lowest BCUT2D eigenvalue weighted by molar-refractivity contribution is 0.0504. The molecule has 0 bridgehead atoms. The summed E-state index contributed by atoms with van der Waals surface area (Å²) in [6.07, 6.45) is 3.35. The number of hydrogen-bond acceptors (Lipinski definition) is 3. The van der Waals surface area contributed by atoms with Crippen molar-refractivity contribution in [2.45, 2.75) is 39.2 Å². The van der Waals surface area contributed by atoms with Gasteiger partial charge in [-0.2, -0.15) is 0 Å². The number of rotatable bonds is 6. The van der Waals surface area contributed by atoms with Crippen LogP contribution < -0.4 is 0 Å². The van der Waals surface area contributed by atoms with E-state index >= 15 is 0 Å². The summed E-state index contributed by atoms with van der Waals surface area (Å²) >= 11 is 0. The third-order valence-electron chi connectivity index (χ3n) is 3.67. The average molecular weight is 215 g/mol. The Morgan fingerprint density at radius 3 is 2.47 bits per heavy atom. The third-order valence-corrected chi connectivity index (χ3v) is 3.67. The fraction of sp³-hybridized carbons (Fsp3) is 1.00. The van der Waals surface area contributed by atoms with E-state index in [1.54, 1.807) is 0 Å². The number of ether oxygens (including phenoxy) is 1. The SMILES string of the molecule is CCC(CC)N(C)CC1(CO)CCOC1. The molecule has 0 spiro atoms. The van der Waals surface area contributed by atoms with Crippen molar-refractivity contribution in [2.75, 3.05) is 33.4 Å². The van der Waals surface area contributed by atoms with Gasteiger partial charge >= 0.3 is 0 Å². The van der Waals surface area contributed by atoms with Gasteiger partial charge in [0.1, 0.15) is 0 Å². The molecule has 1 N–H and O–H groups in total. The zero-order valence-electron chi connectivity index (χ0n) is 10.3. The second-order valence-corrected chi connectivity index (χ2v) is 4.85. The van der Waals surface area contributed by atoms with Gasteiger partial charge in [-0.05, 0) is 26.3 Å². The van der Waals surface area contributed by atoms with Crippen LogP contribution in [0.5, 0.6) is 0 Å². The highest BCUT2D eigenvalue weighted by molar-refractivity contribution is 4.86. The Balaban J connectivity index is 2.50. The Hall–Kier alpha value is -0.120. The Morgan fingerprint density at radius 2 is 2.07 bits per heavy atom. The fourth-order valence-electron chi connectivity index (χ4n) is 2.52. The first-order valence-corrected chi connectivity index (χ1v) is 6.06. The molecule has 0 aromatic rings. The highest BCUT2D eigenvalue weighted by atomic mass is 16.5. The molecule has 1 fully saturated rings. The Bertz CT molecular complexity index is 174. The van der Waals surface area contributed by atoms with Crippen LogP contribution >= 0.6 is 0 Å². The van der Waals surface area contributed by atoms with Crippen LogP contribution in [0.3, 0.4) is 0 Å². The number of aliphatic hydroxyl groups is 1. The standard InChI is InChI=1S/C12H25NO2/c1-4-11(5-2)13(3)8-12(9-14)6-7-15-10-12/h11,14H,4-10H2,1-3H3. The van der Waals surface area contributed by atoms with E-state index in [9.17, 15) is 5.11 Å². The van der Waals surface area contributed by atoms with Crippen molar-refractivity contribution >= 4 is 0 Å². The maximum absolute atomic E-state index is 9.49. The Kier molecular flexibility index (Phi) is 5.03. The summed E-state index contributed by atoms with van der Waals surface area (Å²) < 4.78 is 5.41. The van der Waals surface area contributed by atoms with Gasteiger partial charge in [-0.3, -0.25) is 0 Å². The molecule has 15 heavy (non-hydrogen) atoms. The fourth-order valence-corrected chi connectivity index (χ4v) is 2.52. The van der Waals surface area contributed by atoms with Gasteiger partial charge in [0, 0.05) is 24.6 Å². The third kappa shape index (κ3) is 3.16. The van der Waals surface area contributed by atoms with Crippen molar-refractivity contribution in [3.05, 3.63) is 0 Å². The second-order valence-electron chi connectivity index (χ2n) is 4.85. The van der Waals surface area contributed by atoms with E-state index < -0.39 is 0 Å². The molecule has 0 radical (unpaired) electrons. The van der Waals surface area contributed by atoms with Crippen LogP contribution in [-0.4, -0.2) is 49.5 Å². The molecule has 1 rings (SSSR count). The molecule has 1 heterocycles. The molecule has 0 aromatic heterocycles. The van der Waals surface area contributed by atoms with E-state index in [1.807, 2.05) is 0 Å². The Morgan fingerprint density at radius 1 is 1.40 bits per heavy atom. The van der Waals surface area contributed by atoms with Gasteiger partial charge in [0.2, 0.25) is 0 Å². The highest BCUT2D eigenvalue weighted by Crippen LogP contribution is 2.29. The maximum atomic E-state index is 9.49. The van der Waals surface area contributed by atoms with Gasteiger partial charge in [-0.1, -0.05) is 13.8 Å². The van der Waals surface area contributed by atoms with E-state index in [0.29, 0.717) is 12.6 Å². The summed E-state index contributed by atoms with van der Waals surface area (Å²) in [5.74, 6) is 0. The summed E-state index contributed by atoms with van der Waals surface area (Å²) in [4.78, 5) is 2.38. The topological polar surface area (TPSA) is 32.7 Å². The molecule has 3 nitrogen and oxygen atoms in total. The summed E-state index contributed by atoms with van der Waals surface area (Å²) in [5, 5.41) is 9.49. The van der Waals surface area contributed by atoms with Crippen LogP contribution in [0.15, 0.2) is 0 Å². The minimum absolute atomic E-state index is 0.00264. The van der Waals surface area contributed by atoms with E-state index in [-0.39, 0.29) is 12.0 Å². The summed E-state index contributed by atoms with van der Waals surface area (Å²) in [7, 11) is 2.16. The number of aliphatic hydroxyl groups excluding tert-OH is 1. The first-order valence-electron chi connectivity index (χ1n) is 6.06. The zero-order chi connectivity index (χ0) is 11.3. The largest absolute Gasteiger partial charge is 0.396 e. The quantitative estimate of drug-likeness (QED) is 0.729. The first-order chi connectivity index (χ1) is 7.17. The molecule has 1 atom stereocenters. The van der Waals surface area contributed by atoms with E-state index in [0.717, 1.165) is 19.6 Å². The summed E-state index contributed by atoms with van der Waals surface area (Å²) in [6, 6.07) is 0.633. The lowest BCUT2D eigenvalue weighted by Crippen LogP contribution is -2.43. The van der Waals surface area contributed by atoms with Crippen LogP contribution in [0.2, 0.25) is 0 Å². The average Bonchev–Trinajstić information content (AvgIpc) is 2.69. The molecular formula is C12H25NO2. The van der Waals surface area contributed by atoms with Crippen molar-refractivity contribution in [1.82, 2.24) is 4.90 Å². The van der Waals surface area contributed by atoms with E-state index in [1.165, 1.54) is 12.8 Å². The summed E-state index contributed by atoms with van der Waals surface area (Å²) in [6.45, 7) is 7.17. The van der Waals surface area contributed by atoms with Crippen molar-refractivity contribution in [3.8, 4) is 0 Å². The summed E-state index contributed by atoms with van der Waals surface area (Å²) in [5.41, 5.74) is -0.00264. The van der Waals surface area contributed by atoms with Crippen LogP contribution in [0.1, 0.15) is 33.1 Å². The zero-order valence-corrected chi connectivity index (χ0v) is 10.3. The predicted molar refractivity (Wildman–Crippen MR) is 62.0 cm³/mol. The lowest BCUT2D eigenvalue weighted by atomic mass is 9.87. The minimum Gasteiger partial charge on any atom is -0.396 e. The first kappa shape index (κ1) is 12.9. The van der Waals surface area contributed by atoms with Crippen molar-refractivity contribution in [2.24, 2.45) is 5.41 Å². The smallest absolute Gasteiger partial charge is 0.0557 e.